The lowest BCUT2D eigenvalue weighted by Gasteiger charge is -2.15. The van der Waals surface area contributed by atoms with E-state index in [1.54, 1.807) is 6.92 Å². The molecule has 6 heteroatoms. The second kappa shape index (κ2) is 5.38. The van der Waals surface area contributed by atoms with E-state index in [0.29, 0.717) is 0 Å². The van der Waals surface area contributed by atoms with Gasteiger partial charge in [0.1, 0.15) is 12.4 Å². The fraction of sp³-hybridized carbons (Fsp3) is 0.444. The van der Waals surface area contributed by atoms with Gasteiger partial charge in [0.25, 0.3) is 0 Å². The van der Waals surface area contributed by atoms with Crippen LogP contribution in [0.4, 0.5) is 0 Å². The first-order chi connectivity index (χ1) is 7.16. The SMILES string of the molecule is CCOC(=O)C(O)C(O)c1cncnc1. The van der Waals surface area contributed by atoms with Crippen LogP contribution < -0.4 is 0 Å². The van der Waals surface area contributed by atoms with E-state index in [1.807, 2.05) is 0 Å². The number of nitrogens with zero attached hydrogens (tertiary/aromatic N) is 2. The van der Waals surface area contributed by atoms with Crippen molar-refractivity contribution in [2.45, 2.75) is 19.1 Å². The van der Waals surface area contributed by atoms with Gasteiger partial charge in [-0.1, -0.05) is 0 Å². The Balaban J connectivity index is 2.68. The number of carbonyl (C=O) groups is 1. The van der Waals surface area contributed by atoms with Crippen LogP contribution in [0.5, 0.6) is 0 Å². The van der Waals surface area contributed by atoms with Crippen LogP contribution in [0.3, 0.4) is 0 Å². The van der Waals surface area contributed by atoms with E-state index >= 15 is 0 Å². The highest BCUT2D eigenvalue weighted by atomic mass is 16.5. The number of aliphatic hydroxyl groups excluding tert-OH is 2. The van der Waals surface area contributed by atoms with E-state index in [2.05, 4.69) is 14.7 Å². The zero-order valence-corrected chi connectivity index (χ0v) is 8.20. The van der Waals surface area contributed by atoms with Gasteiger partial charge in [0, 0.05) is 18.0 Å². The van der Waals surface area contributed by atoms with Crippen LogP contribution in [-0.2, 0) is 9.53 Å². The zero-order valence-electron chi connectivity index (χ0n) is 8.20. The minimum absolute atomic E-state index is 0.147. The molecule has 0 spiro atoms. The average molecular weight is 212 g/mol. The van der Waals surface area contributed by atoms with Gasteiger partial charge in [-0.3, -0.25) is 0 Å². The van der Waals surface area contributed by atoms with Gasteiger partial charge in [0.15, 0.2) is 6.10 Å². The van der Waals surface area contributed by atoms with Crippen LogP contribution in [-0.4, -0.2) is 38.9 Å². The third-order valence-electron chi connectivity index (χ3n) is 1.75. The van der Waals surface area contributed by atoms with Crippen molar-refractivity contribution in [2.24, 2.45) is 0 Å². The highest BCUT2D eigenvalue weighted by Gasteiger charge is 2.27. The maximum atomic E-state index is 11.1. The molecule has 1 aromatic rings. The Kier molecular flexibility index (Phi) is 4.14. The van der Waals surface area contributed by atoms with Crippen LogP contribution in [0.2, 0.25) is 0 Å². The Labute approximate surface area is 86.6 Å². The molecule has 2 unspecified atom stereocenters. The van der Waals surface area contributed by atoms with Crippen molar-refractivity contribution in [2.75, 3.05) is 6.61 Å². The van der Waals surface area contributed by atoms with Gasteiger partial charge in [-0.05, 0) is 6.92 Å². The van der Waals surface area contributed by atoms with Gasteiger partial charge >= 0.3 is 5.97 Å². The monoisotopic (exact) mass is 212 g/mol. The number of aliphatic hydroxyl groups is 2. The lowest BCUT2D eigenvalue weighted by atomic mass is 10.1. The minimum Gasteiger partial charge on any atom is -0.464 e. The average Bonchev–Trinajstić information content (AvgIpc) is 2.28. The van der Waals surface area contributed by atoms with E-state index in [9.17, 15) is 15.0 Å². The van der Waals surface area contributed by atoms with Crippen LogP contribution in [0, 0.1) is 0 Å². The van der Waals surface area contributed by atoms with Crippen LogP contribution in [0.25, 0.3) is 0 Å². The normalized spacial score (nSPS) is 14.3. The first kappa shape index (κ1) is 11.5. The smallest absolute Gasteiger partial charge is 0.338 e. The molecular formula is C9H12N2O4. The van der Waals surface area contributed by atoms with Crippen LogP contribution >= 0.6 is 0 Å². The summed E-state index contributed by atoms with van der Waals surface area (Å²) in [6, 6.07) is 0. The summed E-state index contributed by atoms with van der Waals surface area (Å²) in [5, 5.41) is 18.9. The lowest BCUT2D eigenvalue weighted by molar-refractivity contribution is -0.159. The van der Waals surface area contributed by atoms with Crippen molar-refractivity contribution in [3.8, 4) is 0 Å². The Morgan fingerprint density at radius 1 is 1.47 bits per heavy atom. The standard InChI is InChI=1S/C9H12N2O4/c1-2-15-9(14)8(13)7(12)6-3-10-5-11-4-6/h3-5,7-8,12-13H,2H2,1H3. The molecule has 0 aliphatic carbocycles. The lowest BCUT2D eigenvalue weighted by Crippen LogP contribution is -2.30. The Hall–Kier alpha value is -1.53. The molecule has 82 valence electrons. The Bertz CT molecular complexity index is 317. The molecule has 2 atom stereocenters. The predicted molar refractivity (Wildman–Crippen MR) is 49.6 cm³/mol. The molecule has 0 radical (unpaired) electrons. The molecule has 15 heavy (non-hydrogen) atoms. The fourth-order valence-electron chi connectivity index (χ4n) is 1.00. The molecule has 0 bridgehead atoms. The summed E-state index contributed by atoms with van der Waals surface area (Å²) in [7, 11) is 0. The molecule has 0 saturated heterocycles. The summed E-state index contributed by atoms with van der Waals surface area (Å²) >= 11 is 0. The van der Waals surface area contributed by atoms with E-state index in [1.165, 1.54) is 18.7 Å². The number of esters is 1. The predicted octanol–water partition coefficient (Wildman–Crippen LogP) is -0.566. The summed E-state index contributed by atoms with van der Waals surface area (Å²) in [5.41, 5.74) is 0.262. The molecule has 1 heterocycles. The fourth-order valence-corrected chi connectivity index (χ4v) is 1.00. The summed E-state index contributed by atoms with van der Waals surface area (Å²) in [4.78, 5) is 18.4. The number of hydrogen-bond donors (Lipinski definition) is 2. The molecule has 0 aliphatic heterocycles. The third kappa shape index (κ3) is 2.97. The van der Waals surface area contributed by atoms with Gasteiger partial charge < -0.3 is 14.9 Å². The van der Waals surface area contributed by atoms with E-state index in [0.717, 1.165) is 0 Å². The van der Waals surface area contributed by atoms with Gasteiger partial charge in [-0.25, -0.2) is 14.8 Å². The van der Waals surface area contributed by atoms with E-state index in [4.69, 9.17) is 0 Å². The van der Waals surface area contributed by atoms with Crippen molar-refractivity contribution in [3.63, 3.8) is 0 Å². The summed E-state index contributed by atoms with van der Waals surface area (Å²) in [5.74, 6) is -0.867. The van der Waals surface area contributed by atoms with Crippen LogP contribution in [0.1, 0.15) is 18.6 Å². The second-order valence-electron chi connectivity index (χ2n) is 2.81. The Morgan fingerprint density at radius 2 is 2.07 bits per heavy atom. The van der Waals surface area contributed by atoms with Crippen molar-refractivity contribution in [3.05, 3.63) is 24.3 Å². The van der Waals surface area contributed by atoms with Crippen molar-refractivity contribution >= 4 is 5.97 Å². The third-order valence-corrected chi connectivity index (χ3v) is 1.75. The van der Waals surface area contributed by atoms with Crippen molar-refractivity contribution in [1.82, 2.24) is 9.97 Å². The molecule has 2 N–H and O–H groups in total. The first-order valence-electron chi connectivity index (χ1n) is 4.44. The summed E-state index contributed by atoms with van der Waals surface area (Å²) in [6.45, 7) is 1.76. The highest BCUT2D eigenvalue weighted by Crippen LogP contribution is 2.15. The maximum absolute atomic E-state index is 11.1. The van der Waals surface area contributed by atoms with E-state index < -0.39 is 18.2 Å². The molecule has 1 aromatic heterocycles. The van der Waals surface area contributed by atoms with Crippen molar-refractivity contribution in [1.29, 1.82) is 0 Å². The summed E-state index contributed by atoms with van der Waals surface area (Å²) in [6.07, 6.45) is 0.939. The number of ether oxygens (including phenoxy) is 1. The highest BCUT2D eigenvalue weighted by molar-refractivity contribution is 5.75. The molecule has 0 amide bonds. The molecular weight excluding hydrogens is 200 g/mol. The molecule has 0 aliphatic rings. The first-order valence-corrected chi connectivity index (χ1v) is 4.44. The number of carbonyl (C=O) groups excluding carboxylic acids is 1. The summed E-state index contributed by atoms with van der Waals surface area (Å²) < 4.78 is 4.56. The van der Waals surface area contributed by atoms with Crippen molar-refractivity contribution < 1.29 is 19.7 Å². The van der Waals surface area contributed by atoms with Gasteiger partial charge in [-0.15, -0.1) is 0 Å². The quantitative estimate of drug-likeness (QED) is 0.649. The van der Waals surface area contributed by atoms with Gasteiger partial charge in [0.2, 0.25) is 0 Å². The van der Waals surface area contributed by atoms with E-state index in [-0.39, 0.29) is 12.2 Å². The molecule has 1 rings (SSSR count). The molecule has 6 nitrogen and oxygen atoms in total. The minimum atomic E-state index is -1.61. The number of hydrogen-bond acceptors (Lipinski definition) is 6. The largest absolute Gasteiger partial charge is 0.464 e. The zero-order chi connectivity index (χ0) is 11.3. The number of rotatable bonds is 4. The molecule has 0 saturated carbocycles. The Morgan fingerprint density at radius 3 is 2.60 bits per heavy atom. The molecule has 0 aromatic carbocycles. The van der Waals surface area contributed by atoms with Crippen LogP contribution in [0.15, 0.2) is 18.7 Å². The molecule has 0 fully saturated rings. The van der Waals surface area contributed by atoms with Gasteiger partial charge in [0.05, 0.1) is 6.61 Å². The number of aromatic nitrogens is 2. The topological polar surface area (TPSA) is 92.5 Å². The van der Waals surface area contributed by atoms with Gasteiger partial charge in [-0.2, -0.15) is 0 Å². The maximum Gasteiger partial charge on any atom is 0.338 e. The second-order valence-corrected chi connectivity index (χ2v) is 2.81.